The average Bonchev–Trinajstić information content (AvgIpc) is 3.40. The van der Waals surface area contributed by atoms with Gasteiger partial charge in [-0.2, -0.15) is 0 Å². The molecular weight excluding hydrogens is 362 g/mol. The van der Waals surface area contributed by atoms with Gasteiger partial charge in [0.25, 0.3) is 0 Å². The zero-order valence-corrected chi connectivity index (χ0v) is 16.6. The summed E-state index contributed by atoms with van der Waals surface area (Å²) in [7, 11) is 0. The monoisotopic (exact) mass is 391 g/mol. The molecule has 3 atom stereocenters. The smallest absolute Gasteiger partial charge is 0.228 e. The maximum Gasteiger partial charge on any atom is 0.228 e. The van der Waals surface area contributed by atoms with E-state index in [1.54, 1.807) is 0 Å². The van der Waals surface area contributed by atoms with Crippen molar-refractivity contribution in [1.29, 1.82) is 0 Å². The summed E-state index contributed by atoms with van der Waals surface area (Å²) in [5.41, 5.74) is 7.26. The van der Waals surface area contributed by atoms with Gasteiger partial charge in [-0.25, -0.2) is 0 Å². The van der Waals surface area contributed by atoms with E-state index in [1.807, 2.05) is 28.0 Å². The lowest BCUT2D eigenvalue weighted by molar-refractivity contribution is -0.135. The van der Waals surface area contributed by atoms with Gasteiger partial charge in [-0.1, -0.05) is 43.2 Å². The van der Waals surface area contributed by atoms with Crippen LogP contribution in [0.15, 0.2) is 30.3 Å². The molecule has 1 aliphatic carbocycles. The molecule has 0 spiro atoms. The van der Waals surface area contributed by atoms with Crippen LogP contribution in [0.2, 0.25) is 0 Å². The van der Waals surface area contributed by atoms with Crippen molar-refractivity contribution < 1.29 is 9.59 Å². The molecule has 1 aromatic carbocycles. The number of carbonyl (C=O) groups is 2. The molecule has 6 heteroatoms. The van der Waals surface area contributed by atoms with Crippen LogP contribution in [-0.2, 0) is 9.59 Å². The Kier molecular flexibility index (Phi) is 6.43. The molecule has 1 unspecified atom stereocenters. The number of likely N-dealkylation sites (tertiary alicyclic amines) is 2. The maximum atomic E-state index is 13.1. The van der Waals surface area contributed by atoms with Gasteiger partial charge < -0.3 is 15.5 Å². The van der Waals surface area contributed by atoms with Gasteiger partial charge in [0, 0.05) is 38.0 Å². The topological polar surface area (TPSA) is 66.6 Å². The number of halogens is 1. The number of benzene rings is 1. The van der Waals surface area contributed by atoms with Crippen LogP contribution < -0.4 is 5.73 Å². The minimum absolute atomic E-state index is 0. The summed E-state index contributed by atoms with van der Waals surface area (Å²) in [6.45, 7) is 2.63. The van der Waals surface area contributed by atoms with Crippen molar-refractivity contribution in [1.82, 2.24) is 9.80 Å². The standard InChI is InChI=1S/C21H29N3O2.ClH/c22-11-17-12-23(14-19(17)15-6-2-1-3-7-15)21(26)16-10-20(25)24(13-16)18-8-4-5-9-18;/h1-3,6-7,16-19H,4-5,8-14,22H2;1H/t16?,17-,19+;/m1./s1. The number of carbonyl (C=O) groups excluding carboxylic acids is 2. The van der Waals surface area contributed by atoms with E-state index < -0.39 is 0 Å². The quantitative estimate of drug-likeness (QED) is 0.856. The van der Waals surface area contributed by atoms with Crippen LogP contribution in [-0.4, -0.2) is 53.8 Å². The molecule has 148 valence electrons. The molecule has 2 N–H and O–H groups in total. The molecule has 27 heavy (non-hydrogen) atoms. The molecule has 3 aliphatic rings. The minimum atomic E-state index is -0.170. The molecule has 0 aromatic heterocycles. The highest BCUT2D eigenvalue weighted by Gasteiger charge is 2.43. The first-order chi connectivity index (χ1) is 12.7. The van der Waals surface area contributed by atoms with Crippen LogP contribution in [0.4, 0.5) is 0 Å². The number of rotatable bonds is 4. The summed E-state index contributed by atoms with van der Waals surface area (Å²) >= 11 is 0. The molecule has 5 nitrogen and oxygen atoms in total. The number of nitrogens with two attached hydrogens (primary N) is 1. The molecule has 4 rings (SSSR count). The summed E-state index contributed by atoms with van der Waals surface area (Å²) in [5, 5.41) is 0. The third-order valence-electron chi connectivity index (χ3n) is 6.56. The highest BCUT2D eigenvalue weighted by Crippen LogP contribution is 2.35. The van der Waals surface area contributed by atoms with Gasteiger partial charge in [0.1, 0.15) is 0 Å². The zero-order valence-electron chi connectivity index (χ0n) is 15.8. The molecule has 2 heterocycles. The fourth-order valence-corrected chi connectivity index (χ4v) is 5.09. The van der Waals surface area contributed by atoms with Gasteiger partial charge in [-0.15, -0.1) is 12.4 Å². The summed E-state index contributed by atoms with van der Waals surface area (Å²) in [5.74, 6) is 0.744. The fraction of sp³-hybridized carbons (Fsp3) is 0.619. The third-order valence-corrected chi connectivity index (χ3v) is 6.56. The zero-order chi connectivity index (χ0) is 18.1. The summed E-state index contributed by atoms with van der Waals surface area (Å²) < 4.78 is 0. The second-order valence-corrected chi connectivity index (χ2v) is 8.14. The van der Waals surface area contributed by atoms with E-state index in [1.165, 1.54) is 18.4 Å². The Morgan fingerprint density at radius 3 is 2.44 bits per heavy atom. The molecule has 2 amide bonds. The lowest BCUT2D eigenvalue weighted by atomic mass is 9.89. The first kappa shape index (κ1) is 20.2. The van der Waals surface area contributed by atoms with Crippen LogP contribution in [0, 0.1) is 11.8 Å². The maximum absolute atomic E-state index is 13.1. The second-order valence-electron chi connectivity index (χ2n) is 8.14. The molecular formula is C21H30ClN3O2. The summed E-state index contributed by atoms with van der Waals surface area (Å²) in [4.78, 5) is 29.5. The average molecular weight is 392 g/mol. The number of hydrogen-bond acceptors (Lipinski definition) is 3. The highest BCUT2D eigenvalue weighted by atomic mass is 35.5. The van der Waals surface area contributed by atoms with Crippen molar-refractivity contribution in [2.24, 2.45) is 17.6 Å². The predicted molar refractivity (Wildman–Crippen MR) is 108 cm³/mol. The largest absolute Gasteiger partial charge is 0.341 e. The Morgan fingerprint density at radius 1 is 1.07 bits per heavy atom. The number of nitrogens with zero attached hydrogens (tertiary/aromatic N) is 2. The number of amides is 2. The molecule has 2 saturated heterocycles. The van der Waals surface area contributed by atoms with Gasteiger partial charge in [0.15, 0.2) is 0 Å². The van der Waals surface area contributed by atoms with E-state index in [4.69, 9.17) is 5.73 Å². The van der Waals surface area contributed by atoms with Gasteiger partial charge in [0.2, 0.25) is 11.8 Å². The Balaban J connectivity index is 0.00000210. The van der Waals surface area contributed by atoms with Crippen LogP contribution in [0.5, 0.6) is 0 Å². The van der Waals surface area contributed by atoms with E-state index in [-0.39, 0.29) is 30.1 Å². The highest BCUT2D eigenvalue weighted by molar-refractivity contribution is 5.89. The molecule has 2 aliphatic heterocycles. The van der Waals surface area contributed by atoms with Gasteiger partial charge in [0.05, 0.1) is 5.92 Å². The van der Waals surface area contributed by atoms with Crippen molar-refractivity contribution in [2.45, 2.75) is 44.1 Å². The van der Waals surface area contributed by atoms with Crippen molar-refractivity contribution in [3.05, 3.63) is 35.9 Å². The molecule has 1 saturated carbocycles. The lowest BCUT2D eigenvalue weighted by Gasteiger charge is -2.25. The SMILES string of the molecule is Cl.NC[C@@H]1CN(C(=O)C2CC(=O)N(C3CCCC3)C2)C[C@H]1c1ccccc1. The Bertz CT molecular complexity index is 663. The Labute approximate surface area is 167 Å². The van der Waals surface area contributed by atoms with Crippen LogP contribution in [0.1, 0.15) is 43.6 Å². The van der Waals surface area contributed by atoms with E-state index in [0.717, 1.165) is 19.4 Å². The molecule has 1 aromatic rings. The number of hydrogen-bond donors (Lipinski definition) is 1. The first-order valence-corrected chi connectivity index (χ1v) is 10.0. The Morgan fingerprint density at radius 2 is 1.78 bits per heavy atom. The minimum Gasteiger partial charge on any atom is -0.341 e. The first-order valence-electron chi connectivity index (χ1n) is 10.0. The fourth-order valence-electron chi connectivity index (χ4n) is 5.09. The van der Waals surface area contributed by atoms with E-state index in [0.29, 0.717) is 43.9 Å². The van der Waals surface area contributed by atoms with Gasteiger partial charge in [-0.05, 0) is 30.9 Å². The van der Waals surface area contributed by atoms with Crippen molar-refractivity contribution in [2.75, 3.05) is 26.2 Å². The third kappa shape index (κ3) is 3.99. The van der Waals surface area contributed by atoms with E-state index in [2.05, 4.69) is 12.1 Å². The Hall–Kier alpha value is -1.59. The summed E-state index contributed by atoms with van der Waals surface area (Å²) in [6.07, 6.45) is 4.99. The second kappa shape index (κ2) is 8.61. The molecule has 0 radical (unpaired) electrons. The molecule has 0 bridgehead atoms. The van der Waals surface area contributed by atoms with Crippen molar-refractivity contribution in [3.8, 4) is 0 Å². The van der Waals surface area contributed by atoms with Gasteiger partial charge in [-0.3, -0.25) is 9.59 Å². The van der Waals surface area contributed by atoms with Crippen LogP contribution in [0.25, 0.3) is 0 Å². The molecule has 3 fully saturated rings. The van der Waals surface area contributed by atoms with E-state index >= 15 is 0 Å². The predicted octanol–water partition coefficient (Wildman–Crippen LogP) is 2.40. The summed E-state index contributed by atoms with van der Waals surface area (Å²) in [6, 6.07) is 10.7. The normalized spacial score (nSPS) is 28.6. The van der Waals surface area contributed by atoms with Crippen LogP contribution in [0.3, 0.4) is 0 Å². The van der Waals surface area contributed by atoms with Gasteiger partial charge >= 0.3 is 0 Å². The lowest BCUT2D eigenvalue weighted by Crippen LogP contribution is -2.38. The van der Waals surface area contributed by atoms with Crippen molar-refractivity contribution in [3.63, 3.8) is 0 Å². The van der Waals surface area contributed by atoms with Crippen molar-refractivity contribution >= 4 is 24.2 Å². The van der Waals surface area contributed by atoms with E-state index in [9.17, 15) is 9.59 Å². The van der Waals surface area contributed by atoms with Crippen LogP contribution >= 0.6 is 12.4 Å².